The molecule has 3 N–H and O–H groups in total. The van der Waals surface area contributed by atoms with Gasteiger partial charge in [-0.05, 0) is 30.3 Å². The maximum absolute atomic E-state index is 13.5. The van der Waals surface area contributed by atoms with Gasteiger partial charge in [0.1, 0.15) is 22.4 Å². The van der Waals surface area contributed by atoms with Gasteiger partial charge in [0.15, 0.2) is 0 Å². The Kier molecular flexibility index (Phi) is 3.71. The molecule has 0 bridgehead atoms. The van der Waals surface area contributed by atoms with Crippen LogP contribution in [0.5, 0.6) is 0 Å². The first kappa shape index (κ1) is 13.4. The number of nitrogens with one attached hydrogen (secondary N) is 1. The van der Waals surface area contributed by atoms with Crippen LogP contribution in [-0.4, -0.2) is 4.99 Å². The fourth-order valence-corrected chi connectivity index (χ4v) is 1.74. The molecule has 0 aliphatic rings. The molecule has 2 rings (SSSR count). The number of anilines is 2. The summed E-state index contributed by atoms with van der Waals surface area (Å²) >= 11 is 4.79. The van der Waals surface area contributed by atoms with Crippen LogP contribution in [0.2, 0.25) is 0 Å². The van der Waals surface area contributed by atoms with Gasteiger partial charge in [-0.1, -0.05) is 12.2 Å². The van der Waals surface area contributed by atoms with E-state index in [0.717, 1.165) is 24.3 Å². The summed E-state index contributed by atoms with van der Waals surface area (Å²) in [5, 5.41) is 2.64. The third-order valence-electron chi connectivity index (χ3n) is 2.44. The number of halogens is 3. The third kappa shape index (κ3) is 3.03. The molecule has 0 saturated carbocycles. The van der Waals surface area contributed by atoms with Crippen molar-refractivity contribution in [2.24, 2.45) is 5.73 Å². The molecule has 2 aromatic rings. The summed E-state index contributed by atoms with van der Waals surface area (Å²) in [4.78, 5) is -0.0428. The number of nitrogens with two attached hydrogens (primary N) is 1. The summed E-state index contributed by atoms with van der Waals surface area (Å²) in [5.41, 5.74) is 5.91. The Balaban J connectivity index is 2.43. The average Bonchev–Trinajstić information content (AvgIpc) is 2.35. The molecule has 98 valence electrons. The molecule has 0 aromatic heterocycles. The minimum atomic E-state index is -0.639. The maximum Gasteiger partial charge on any atom is 0.146 e. The highest BCUT2D eigenvalue weighted by atomic mass is 32.1. The van der Waals surface area contributed by atoms with Crippen molar-refractivity contribution < 1.29 is 13.2 Å². The van der Waals surface area contributed by atoms with Gasteiger partial charge in [0, 0.05) is 17.3 Å². The Labute approximate surface area is 113 Å². The number of rotatable bonds is 3. The molecule has 0 atom stereocenters. The molecule has 2 aromatic carbocycles. The normalized spacial score (nSPS) is 10.3. The largest absolute Gasteiger partial charge is 0.389 e. The summed E-state index contributed by atoms with van der Waals surface area (Å²) in [7, 11) is 0. The van der Waals surface area contributed by atoms with Crippen molar-refractivity contribution in [1.82, 2.24) is 0 Å². The Morgan fingerprint density at radius 1 is 0.947 bits per heavy atom. The van der Waals surface area contributed by atoms with Gasteiger partial charge in [-0.15, -0.1) is 0 Å². The van der Waals surface area contributed by atoms with E-state index in [1.54, 1.807) is 0 Å². The quantitative estimate of drug-likeness (QED) is 0.846. The fourth-order valence-electron chi connectivity index (χ4n) is 1.57. The zero-order valence-electron chi connectivity index (χ0n) is 9.58. The molecule has 0 saturated heterocycles. The van der Waals surface area contributed by atoms with Gasteiger partial charge in [0.05, 0.1) is 5.69 Å². The van der Waals surface area contributed by atoms with Crippen LogP contribution < -0.4 is 11.1 Å². The topological polar surface area (TPSA) is 38.0 Å². The molecule has 0 heterocycles. The molecule has 0 aliphatic carbocycles. The molecular weight excluding hydrogens is 273 g/mol. The van der Waals surface area contributed by atoms with Crippen molar-refractivity contribution in [2.75, 3.05) is 5.32 Å². The van der Waals surface area contributed by atoms with Gasteiger partial charge in [-0.3, -0.25) is 0 Å². The van der Waals surface area contributed by atoms with Crippen molar-refractivity contribution in [1.29, 1.82) is 0 Å². The van der Waals surface area contributed by atoms with Crippen molar-refractivity contribution in [3.8, 4) is 0 Å². The number of benzene rings is 2. The fraction of sp³-hybridized carbons (Fsp3) is 0. The van der Waals surface area contributed by atoms with E-state index >= 15 is 0 Å². The summed E-state index contributed by atoms with van der Waals surface area (Å²) in [6, 6.07) is 6.63. The summed E-state index contributed by atoms with van der Waals surface area (Å²) in [5.74, 6) is -1.75. The van der Waals surface area contributed by atoms with E-state index in [1.807, 2.05) is 0 Å². The maximum atomic E-state index is 13.5. The lowest BCUT2D eigenvalue weighted by Crippen LogP contribution is -2.12. The third-order valence-corrected chi connectivity index (χ3v) is 2.66. The van der Waals surface area contributed by atoms with Gasteiger partial charge in [0.2, 0.25) is 0 Å². The highest BCUT2D eigenvalue weighted by molar-refractivity contribution is 7.80. The Hall–Kier alpha value is -2.08. The molecule has 0 radical (unpaired) electrons. The molecule has 0 aliphatic heterocycles. The monoisotopic (exact) mass is 282 g/mol. The lowest BCUT2D eigenvalue weighted by Gasteiger charge is -2.12. The average molecular weight is 282 g/mol. The van der Waals surface area contributed by atoms with E-state index in [9.17, 15) is 13.2 Å². The minimum Gasteiger partial charge on any atom is -0.389 e. The highest BCUT2D eigenvalue weighted by Gasteiger charge is 2.10. The summed E-state index contributed by atoms with van der Waals surface area (Å²) < 4.78 is 39.7. The second kappa shape index (κ2) is 5.27. The predicted octanol–water partition coefficient (Wildman–Crippen LogP) is 3.48. The number of thiocarbonyl (C=S) groups is 1. The molecule has 0 fully saturated rings. The molecule has 19 heavy (non-hydrogen) atoms. The smallest absolute Gasteiger partial charge is 0.146 e. The van der Waals surface area contributed by atoms with E-state index < -0.39 is 17.5 Å². The zero-order valence-corrected chi connectivity index (χ0v) is 10.4. The Morgan fingerprint density at radius 3 is 2.26 bits per heavy atom. The Morgan fingerprint density at radius 2 is 1.58 bits per heavy atom. The SMILES string of the molecule is NC(=S)c1cc(F)ccc1Nc1cc(F)ccc1F. The van der Waals surface area contributed by atoms with E-state index in [1.165, 1.54) is 12.1 Å². The van der Waals surface area contributed by atoms with Crippen LogP contribution >= 0.6 is 12.2 Å². The summed E-state index contributed by atoms with van der Waals surface area (Å²) in [6.45, 7) is 0. The highest BCUT2D eigenvalue weighted by Crippen LogP contribution is 2.24. The van der Waals surface area contributed by atoms with Crippen molar-refractivity contribution in [3.63, 3.8) is 0 Å². The van der Waals surface area contributed by atoms with Crippen LogP contribution in [0.1, 0.15) is 5.56 Å². The van der Waals surface area contributed by atoms with Gasteiger partial charge >= 0.3 is 0 Å². The van der Waals surface area contributed by atoms with Crippen molar-refractivity contribution in [2.45, 2.75) is 0 Å². The lowest BCUT2D eigenvalue weighted by molar-refractivity contribution is 0.603. The van der Waals surface area contributed by atoms with E-state index in [0.29, 0.717) is 5.69 Å². The zero-order chi connectivity index (χ0) is 14.0. The van der Waals surface area contributed by atoms with Crippen LogP contribution in [-0.2, 0) is 0 Å². The molecular formula is C13H9F3N2S. The van der Waals surface area contributed by atoms with Crippen LogP contribution in [0.3, 0.4) is 0 Å². The number of hydrogen-bond acceptors (Lipinski definition) is 2. The molecule has 6 heteroatoms. The van der Waals surface area contributed by atoms with Crippen molar-refractivity contribution >= 4 is 28.6 Å². The van der Waals surface area contributed by atoms with Crippen LogP contribution in [0.25, 0.3) is 0 Å². The van der Waals surface area contributed by atoms with E-state index in [4.69, 9.17) is 18.0 Å². The predicted molar refractivity (Wildman–Crippen MR) is 71.9 cm³/mol. The van der Waals surface area contributed by atoms with Gasteiger partial charge in [0.25, 0.3) is 0 Å². The second-order valence-corrected chi connectivity index (χ2v) is 4.24. The number of hydrogen-bond donors (Lipinski definition) is 2. The van der Waals surface area contributed by atoms with Crippen LogP contribution in [0.4, 0.5) is 24.5 Å². The van der Waals surface area contributed by atoms with Crippen LogP contribution in [0, 0.1) is 17.5 Å². The van der Waals surface area contributed by atoms with E-state index in [-0.39, 0.29) is 16.2 Å². The first-order valence-corrected chi connectivity index (χ1v) is 5.69. The molecule has 0 amide bonds. The van der Waals surface area contributed by atoms with Crippen molar-refractivity contribution in [3.05, 3.63) is 59.4 Å². The van der Waals surface area contributed by atoms with E-state index in [2.05, 4.69) is 5.32 Å². The standard InChI is InChI=1S/C13H9F3N2S/c14-7-2-4-11(9(5-7)13(17)19)18-12-6-8(15)1-3-10(12)16/h1-6,18H,(H2,17,19). The lowest BCUT2D eigenvalue weighted by atomic mass is 10.1. The first-order valence-electron chi connectivity index (χ1n) is 5.29. The molecule has 2 nitrogen and oxygen atoms in total. The van der Waals surface area contributed by atoms with Gasteiger partial charge in [-0.2, -0.15) is 0 Å². The first-order chi connectivity index (χ1) is 8.97. The second-order valence-electron chi connectivity index (χ2n) is 3.80. The molecule has 0 unspecified atom stereocenters. The summed E-state index contributed by atoms with van der Waals surface area (Å²) in [6.07, 6.45) is 0. The van der Waals surface area contributed by atoms with Crippen LogP contribution in [0.15, 0.2) is 36.4 Å². The minimum absolute atomic E-state index is 0.0428. The molecule has 0 spiro atoms. The van der Waals surface area contributed by atoms with Gasteiger partial charge in [-0.25, -0.2) is 13.2 Å². The van der Waals surface area contributed by atoms with Gasteiger partial charge < -0.3 is 11.1 Å². The Bertz CT molecular complexity index is 644.